The first-order valence-corrected chi connectivity index (χ1v) is 14.1. The summed E-state index contributed by atoms with van der Waals surface area (Å²) in [5, 5.41) is 18.9. The fourth-order valence-corrected chi connectivity index (χ4v) is 6.17. The summed E-state index contributed by atoms with van der Waals surface area (Å²) in [4.78, 5) is 15.1. The number of hydrogen-bond acceptors (Lipinski definition) is 4. The monoisotopic (exact) mass is 543 g/mol. The Bertz CT molecular complexity index is 852. The van der Waals surface area contributed by atoms with Crippen LogP contribution in [0.1, 0.15) is 69.8 Å². The van der Waals surface area contributed by atoms with Crippen molar-refractivity contribution in [2.24, 2.45) is 11.8 Å². The number of nitrogens with one attached hydrogen (secondary N) is 2. The van der Waals surface area contributed by atoms with Crippen molar-refractivity contribution in [3.63, 3.8) is 0 Å². The largest absolute Gasteiger partial charge is 0.385 e. The van der Waals surface area contributed by atoms with Crippen LogP contribution in [0.25, 0.3) is 0 Å². The van der Waals surface area contributed by atoms with Gasteiger partial charge in [0, 0.05) is 63.2 Å². The summed E-state index contributed by atoms with van der Waals surface area (Å²) in [6.45, 7) is 2.29. The second-order valence-corrected chi connectivity index (χ2v) is 11.3. The molecule has 9 heteroatoms. The number of rotatable bonds is 12. The van der Waals surface area contributed by atoms with E-state index < -0.39 is 11.5 Å². The molecule has 6 nitrogen and oxygen atoms in total. The third-order valence-electron chi connectivity index (χ3n) is 8.10. The average Bonchev–Trinajstić information content (AvgIpc) is 2.88. The van der Waals surface area contributed by atoms with E-state index in [1.54, 1.807) is 18.1 Å². The normalized spacial score (nSPS) is 22.9. The molecule has 1 aromatic rings. The number of hydrogen-bond donors (Lipinski definition) is 3. The number of carbonyl (C=O) groups excluding carboxylic acids is 1. The summed E-state index contributed by atoms with van der Waals surface area (Å²) in [6.07, 6.45) is 5.34. The van der Waals surface area contributed by atoms with Gasteiger partial charge in [-0.1, -0.05) is 23.7 Å². The number of benzene rings is 1. The van der Waals surface area contributed by atoms with Crippen LogP contribution in [0.4, 0.5) is 13.6 Å². The molecule has 1 saturated carbocycles. The molecule has 3 rings (SSSR count). The number of methoxy groups -OCH3 is 1. The SMILES string of the molecule is CNCC(CC1CCC(F)(F)CC1)NC(=O)N1CCCC(C(O)(CCCCOC)c2cccc(Cl)c2)C1. The van der Waals surface area contributed by atoms with Gasteiger partial charge in [-0.05, 0) is 82.0 Å². The number of urea groups is 1. The number of unbranched alkanes of at least 4 members (excludes halogenated alkanes) is 1. The first-order valence-electron chi connectivity index (χ1n) is 13.7. The lowest BCUT2D eigenvalue weighted by molar-refractivity contribution is -0.0566. The molecular weight excluding hydrogens is 500 g/mol. The molecule has 0 radical (unpaired) electrons. The van der Waals surface area contributed by atoms with Crippen LogP contribution in [0.3, 0.4) is 0 Å². The van der Waals surface area contributed by atoms with Gasteiger partial charge in [-0.3, -0.25) is 0 Å². The Labute approximate surface area is 225 Å². The summed E-state index contributed by atoms with van der Waals surface area (Å²) in [5.74, 6) is -2.49. The summed E-state index contributed by atoms with van der Waals surface area (Å²) in [6, 6.07) is 7.11. The molecule has 2 aliphatic rings. The van der Waals surface area contributed by atoms with Gasteiger partial charge in [-0.15, -0.1) is 0 Å². The van der Waals surface area contributed by atoms with Crippen molar-refractivity contribution in [2.75, 3.05) is 40.4 Å². The van der Waals surface area contributed by atoms with Gasteiger partial charge < -0.3 is 25.4 Å². The van der Waals surface area contributed by atoms with Crippen molar-refractivity contribution in [2.45, 2.75) is 81.8 Å². The van der Waals surface area contributed by atoms with Crippen LogP contribution in [0, 0.1) is 11.8 Å². The van der Waals surface area contributed by atoms with E-state index >= 15 is 0 Å². The molecule has 37 heavy (non-hydrogen) atoms. The molecular formula is C28H44ClF2N3O3. The van der Waals surface area contributed by atoms with Gasteiger partial charge in [0.1, 0.15) is 0 Å². The summed E-state index contributed by atoms with van der Waals surface area (Å²) in [5.41, 5.74) is -0.318. The number of aliphatic hydroxyl groups is 1. The molecule has 1 aromatic carbocycles. The van der Waals surface area contributed by atoms with Crippen molar-refractivity contribution in [3.05, 3.63) is 34.9 Å². The van der Waals surface area contributed by atoms with Gasteiger partial charge in [0.15, 0.2) is 0 Å². The fraction of sp³-hybridized carbons (Fsp3) is 0.750. The summed E-state index contributed by atoms with van der Waals surface area (Å²) < 4.78 is 32.4. The van der Waals surface area contributed by atoms with Crippen LogP contribution >= 0.6 is 11.6 Å². The molecule has 210 valence electrons. The minimum atomic E-state index is -2.55. The Morgan fingerprint density at radius 1 is 1.30 bits per heavy atom. The number of carbonyl (C=O) groups is 1. The van der Waals surface area contributed by atoms with Crippen molar-refractivity contribution >= 4 is 17.6 Å². The maximum Gasteiger partial charge on any atom is 0.317 e. The van der Waals surface area contributed by atoms with E-state index in [0.29, 0.717) is 56.9 Å². The number of amides is 2. The second-order valence-electron chi connectivity index (χ2n) is 10.9. The van der Waals surface area contributed by atoms with Crippen LogP contribution in [0.5, 0.6) is 0 Å². The molecule has 0 bridgehead atoms. The molecule has 3 unspecified atom stereocenters. The zero-order chi connectivity index (χ0) is 26.9. The highest BCUT2D eigenvalue weighted by molar-refractivity contribution is 6.30. The number of halogens is 3. The Hall–Kier alpha value is -1.48. The number of nitrogens with zero attached hydrogens (tertiary/aromatic N) is 1. The number of alkyl halides is 2. The predicted molar refractivity (Wildman–Crippen MR) is 143 cm³/mol. The molecule has 0 spiro atoms. The molecule has 1 saturated heterocycles. The van der Waals surface area contributed by atoms with E-state index in [1.807, 2.05) is 25.2 Å². The maximum atomic E-state index is 13.6. The van der Waals surface area contributed by atoms with E-state index in [4.69, 9.17) is 16.3 Å². The zero-order valence-electron chi connectivity index (χ0n) is 22.3. The lowest BCUT2D eigenvalue weighted by Gasteiger charge is -2.43. The summed E-state index contributed by atoms with van der Waals surface area (Å²) in [7, 11) is 3.51. The summed E-state index contributed by atoms with van der Waals surface area (Å²) >= 11 is 6.28. The lowest BCUT2D eigenvalue weighted by Crippen LogP contribution is -2.54. The van der Waals surface area contributed by atoms with Crippen LogP contribution < -0.4 is 10.6 Å². The Kier molecular flexibility index (Phi) is 11.4. The first kappa shape index (κ1) is 30.1. The highest BCUT2D eigenvalue weighted by Gasteiger charge is 2.41. The number of likely N-dealkylation sites (tertiary alicyclic amines) is 1. The Morgan fingerprint density at radius 2 is 2.05 bits per heavy atom. The highest BCUT2D eigenvalue weighted by Crippen LogP contribution is 2.41. The van der Waals surface area contributed by atoms with Gasteiger partial charge >= 0.3 is 6.03 Å². The molecule has 2 amide bonds. The fourth-order valence-electron chi connectivity index (χ4n) is 5.98. The van der Waals surface area contributed by atoms with Crippen molar-refractivity contribution in [1.82, 2.24) is 15.5 Å². The molecule has 3 N–H and O–H groups in total. The Balaban J connectivity index is 1.66. The van der Waals surface area contributed by atoms with Crippen molar-refractivity contribution < 1.29 is 23.4 Å². The van der Waals surface area contributed by atoms with E-state index in [0.717, 1.165) is 31.2 Å². The molecule has 1 aliphatic heterocycles. The number of piperidine rings is 1. The Morgan fingerprint density at radius 3 is 2.73 bits per heavy atom. The predicted octanol–water partition coefficient (Wildman–Crippen LogP) is 5.57. The van der Waals surface area contributed by atoms with Gasteiger partial charge in [0.05, 0.1) is 5.60 Å². The van der Waals surface area contributed by atoms with E-state index in [9.17, 15) is 18.7 Å². The molecule has 1 aliphatic carbocycles. The van der Waals surface area contributed by atoms with Crippen LogP contribution in [-0.4, -0.2) is 68.4 Å². The first-order chi connectivity index (χ1) is 17.7. The van der Waals surface area contributed by atoms with Gasteiger partial charge in [-0.2, -0.15) is 0 Å². The second kappa shape index (κ2) is 14.1. The van der Waals surface area contributed by atoms with Gasteiger partial charge in [0.25, 0.3) is 0 Å². The van der Waals surface area contributed by atoms with Crippen LogP contribution in [0.2, 0.25) is 5.02 Å². The average molecular weight is 544 g/mol. The van der Waals surface area contributed by atoms with E-state index in [1.165, 1.54) is 0 Å². The minimum Gasteiger partial charge on any atom is -0.385 e. The highest BCUT2D eigenvalue weighted by atomic mass is 35.5. The molecule has 0 aromatic heterocycles. The van der Waals surface area contributed by atoms with Gasteiger partial charge in [0.2, 0.25) is 5.92 Å². The lowest BCUT2D eigenvalue weighted by atomic mass is 9.74. The topological polar surface area (TPSA) is 73.8 Å². The molecule has 1 heterocycles. The molecule has 3 atom stereocenters. The van der Waals surface area contributed by atoms with Crippen molar-refractivity contribution in [3.8, 4) is 0 Å². The third-order valence-corrected chi connectivity index (χ3v) is 8.33. The number of likely N-dealkylation sites (N-methyl/N-ethyl adjacent to an activating group) is 1. The van der Waals surface area contributed by atoms with E-state index in [2.05, 4.69) is 10.6 Å². The van der Waals surface area contributed by atoms with Crippen LogP contribution in [-0.2, 0) is 10.3 Å². The third kappa shape index (κ3) is 8.77. The smallest absolute Gasteiger partial charge is 0.317 e. The maximum absolute atomic E-state index is 13.6. The standard InChI is InChI=1S/C28H44ClF2N3O3/c1-32-19-25(17-21-10-13-27(30,31)14-11-21)33-26(35)34-15-6-8-23(20-34)28(36,12-3-4-16-37-2)22-7-5-9-24(29)18-22/h5,7,9,18,21,23,25,32,36H,3-4,6,8,10-17,19-20H2,1-2H3,(H,33,35). The van der Waals surface area contributed by atoms with E-state index in [-0.39, 0.29) is 36.8 Å². The zero-order valence-corrected chi connectivity index (χ0v) is 23.0. The number of ether oxygens (including phenoxy) is 1. The van der Waals surface area contributed by atoms with Crippen molar-refractivity contribution in [1.29, 1.82) is 0 Å². The molecule has 2 fully saturated rings. The quantitative estimate of drug-likeness (QED) is 0.301. The minimum absolute atomic E-state index is 0.0713. The van der Waals surface area contributed by atoms with Gasteiger partial charge in [-0.25, -0.2) is 13.6 Å². The van der Waals surface area contributed by atoms with Crippen LogP contribution in [0.15, 0.2) is 24.3 Å².